The van der Waals surface area contributed by atoms with E-state index < -0.39 is 33.2 Å². The van der Waals surface area contributed by atoms with Crippen LogP contribution in [0.2, 0.25) is 0 Å². The lowest BCUT2D eigenvalue weighted by molar-refractivity contribution is -0.137. The summed E-state index contributed by atoms with van der Waals surface area (Å²) in [4.78, 5) is 12.8. The van der Waals surface area contributed by atoms with Crippen molar-refractivity contribution in [3.8, 4) is 16.9 Å². The van der Waals surface area contributed by atoms with Crippen molar-refractivity contribution in [3.05, 3.63) is 83.9 Å². The Bertz CT molecular complexity index is 1260. The fourth-order valence-electron chi connectivity index (χ4n) is 4.41. The first-order valence-electron chi connectivity index (χ1n) is 12.2. The first-order chi connectivity index (χ1) is 18.2. The molecule has 1 aliphatic heterocycles. The summed E-state index contributed by atoms with van der Waals surface area (Å²) in [6.45, 7) is 1.00. The molecule has 10 heteroatoms. The molecule has 1 fully saturated rings. The Morgan fingerprint density at radius 3 is 2.32 bits per heavy atom. The highest BCUT2D eigenvalue weighted by atomic mass is 32.2. The highest BCUT2D eigenvalue weighted by Gasteiger charge is 2.46. The molecule has 0 aromatic heterocycles. The average molecular weight is 548 g/mol. The lowest BCUT2D eigenvalue weighted by Gasteiger charge is -2.33. The lowest BCUT2D eigenvalue weighted by Crippen LogP contribution is -2.52. The Labute approximate surface area is 221 Å². The fourth-order valence-corrected chi connectivity index (χ4v) is 6.00. The van der Waals surface area contributed by atoms with E-state index in [1.807, 2.05) is 24.3 Å². The van der Waals surface area contributed by atoms with Gasteiger partial charge < -0.3 is 9.47 Å². The third-order valence-corrected chi connectivity index (χ3v) is 8.56. The van der Waals surface area contributed by atoms with Crippen molar-refractivity contribution in [2.24, 2.45) is 0 Å². The van der Waals surface area contributed by atoms with Gasteiger partial charge in [0.25, 0.3) is 5.91 Å². The number of alkyl halides is 3. The molecule has 0 spiro atoms. The third kappa shape index (κ3) is 6.43. The van der Waals surface area contributed by atoms with E-state index in [0.717, 1.165) is 29.7 Å². The van der Waals surface area contributed by atoms with Crippen molar-refractivity contribution in [3.63, 3.8) is 0 Å². The van der Waals surface area contributed by atoms with E-state index in [-0.39, 0.29) is 26.1 Å². The highest BCUT2D eigenvalue weighted by Crippen LogP contribution is 2.33. The number of carbonyl (C=O) groups excluding carboxylic acids is 1. The predicted molar refractivity (Wildman–Crippen MR) is 136 cm³/mol. The summed E-state index contributed by atoms with van der Waals surface area (Å²) in [5.41, 5.74) is 3.58. The van der Waals surface area contributed by atoms with Gasteiger partial charge in [0.2, 0.25) is 0 Å². The van der Waals surface area contributed by atoms with Crippen LogP contribution >= 0.6 is 0 Å². The number of halogens is 3. The summed E-state index contributed by atoms with van der Waals surface area (Å²) in [6, 6.07) is 19.5. The minimum atomic E-state index is -4.36. The quantitative estimate of drug-likeness (QED) is 0.209. The minimum Gasteiger partial charge on any atom is -0.494 e. The van der Waals surface area contributed by atoms with Gasteiger partial charge in [-0.2, -0.15) is 13.2 Å². The number of hydroxylamine groups is 1. The maximum Gasteiger partial charge on any atom is 0.416 e. The van der Waals surface area contributed by atoms with Gasteiger partial charge in [0, 0.05) is 18.1 Å². The van der Waals surface area contributed by atoms with Gasteiger partial charge in [-0.25, -0.2) is 5.48 Å². The lowest BCUT2D eigenvalue weighted by atomic mass is 9.98. The number of hydrogen-bond donors (Lipinski definition) is 2. The van der Waals surface area contributed by atoms with E-state index in [4.69, 9.17) is 9.47 Å². The zero-order chi connectivity index (χ0) is 27.2. The van der Waals surface area contributed by atoms with Crippen molar-refractivity contribution < 1.29 is 36.9 Å². The van der Waals surface area contributed by atoms with E-state index in [9.17, 15) is 27.4 Å². The zero-order valence-electron chi connectivity index (χ0n) is 20.5. The van der Waals surface area contributed by atoms with Gasteiger partial charge in [-0.3, -0.25) is 14.2 Å². The first-order valence-corrected chi connectivity index (χ1v) is 13.3. The Kier molecular flexibility index (Phi) is 8.86. The highest BCUT2D eigenvalue weighted by molar-refractivity contribution is 7.87. The number of amides is 1. The maximum absolute atomic E-state index is 13.2. The van der Waals surface area contributed by atoms with Crippen LogP contribution in [0.5, 0.6) is 5.75 Å². The number of ether oxygens (including phenoxy) is 2. The summed E-state index contributed by atoms with van der Waals surface area (Å²) in [6.07, 6.45) is -2.45. The molecule has 0 aliphatic carbocycles. The second kappa shape index (κ2) is 12.1. The summed E-state index contributed by atoms with van der Waals surface area (Å²) in [5.74, 6) is -0.0845. The van der Waals surface area contributed by atoms with Gasteiger partial charge >= 0.3 is 6.18 Å². The molecule has 4 rings (SSSR count). The molecule has 38 heavy (non-hydrogen) atoms. The SMILES string of the molecule is O=C(NO)C1(S(=O)c2ccc(OCCCc3cccc(-c4ccc(C(F)(F)F)cc4)c3)cc2)CCOCC1. The number of benzene rings is 3. The number of carbonyl (C=O) groups is 1. The summed E-state index contributed by atoms with van der Waals surface area (Å²) in [5, 5.41) is 9.17. The number of aryl methyl sites for hydroxylation is 1. The maximum atomic E-state index is 13.2. The molecular weight excluding hydrogens is 519 g/mol. The molecule has 1 unspecified atom stereocenters. The van der Waals surface area contributed by atoms with Gasteiger partial charge in [-0.1, -0.05) is 36.4 Å². The summed E-state index contributed by atoms with van der Waals surface area (Å²) in [7, 11) is -1.69. The van der Waals surface area contributed by atoms with Crippen LogP contribution < -0.4 is 10.2 Å². The minimum absolute atomic E-state index is 0.240. The Morgan fingerprint density at radius 1 is 1.00 bits per heavy atom. The number of nitrogens with one attached hydrogen (secondary N) is 1. The molecule has 0 saturated carbocycles. The Balaban J connectivity index is 1.31. The fraction of sp³-hybridized carbons (Fsp3) is 0.321. The van der Waals surface area contributed by atoms with Crippen LogP contribution in [0.1, 0.15) is 30.4 Å². The van der Waals surface area contributed by atoms with Crippen molar-refractivity contribution >= 4 is 16.7 Å². The van der Waals surface area contributed by atoms with E-state index >= 15 is 0 Å². The molecular formula is C28H28F3NO5S. The van der Waals surface area contributed by atoms with Crippen LogP contribution in [0.4, 0.5) is 13.2 Å². The summed E-state index contributed by atoms with van der Waals surface area (Å²) >= 11 is 0. The van der Waals surface area contributed by atoms with Crippen LogP contribution in [-0.2, 0) is 32.9 Å². The monoisotopic (exact) mass is 547 g/mol. The van der Waals surface area contributed by atoms with E-state index in [1.165, 1.54) is 12.1 Å². The molecule has 1 amide bonds. The first kappa shape index (κ1) is 27.8. The van der Waals surface area contributed by atoms with Crippen molar-refractivity contribution in [2.45, 2.75) is 41.5 Å². The Hall–Kier alpha value is -3.21. The molecule has 6 nitrogen and oxygen atoms in total. The molecule has 1 aliphatic rings. The van der Waals surface area contributed by atoms with Crippen molar-refractivity contribution in [1.82, 2.24) is 5.48 Å². The Morgan fingerprint density at radius 2 is 1.68 bits per heavy atom. The molecule has 202 valence electrons. The summed E-state index contributed by atoms with van der Waals surface area (Å²) < 4.78 is 61.6. The van der Waals surface area contributed by atoms with E-state index in [1.54, 1.807) is 29.7 Å². The number of rotatable bonds is 9. The van der Waals surface area contributed by atoms with Crippen molar-refractivity contribution in [1.29, 1.82) is 0 Å². The van der Waals surface area contributed by atoms with Gasteiger partial charge in [-0.05, 0) is 78.8 Å². The second-order valence-electron chi connectivity index (χ2n) is 9.02. The average Bonchev–Trinajstić information content (AvgIpc) is 2.95. The van der Waals surface area contributed by atoms with Crippen LogP contribution in [0, 0.1) is 0 Å². The van der Waals surface area contributed by atoms with E-state index in [0.29, 0.717) is 29.2 Å². The standard InChI is InChI=1S/C28H28F3NO5S/c29-28(30,31)23-8-6-21(7-9-23)22-5-1-3-20(19-22)4-2-16-37-24-10-12-25(13-11-24)38(35)27(26(33)32-34)14-17-36-18-15-27/h1,3,5-13,19,34H,2,4,14-18H2,(H,32,33). The largest absolute Gasteiger partial charge is 0.494 e. The van der Waals surface area contributed by atoms with Crippen LogP contribution in [0.3, 0.4) is 0 Å². The van der Waals surface area contributed by atoms with Crippen LogP contribution in [-0.4, -0.2) is 39.9 Å². The molecule has 2 N–H and O–H groups in total. The predicted octanol–water partition coefficient (Wildman–Crippen LogP) is 5.55. The van der Waals surface area contributed by atoms with Gasteiger partial charge in [0.05, 0.1) is 23.0 Å². The van der Waals surface area contributed by atoms with Gasteiger partial charge in [0.15, 0.2) is 0 Å². The molecule has 3 aromatic carbocycles. The molecule has 3 aromatic rings. The zero-order valence-corrected chi connectivity index (χ0v) is 21.3. The molecule has 1 atom stereocenters. The second-order valence-corrected chi connectivity index (χ2v) is 10.8. The van der Waals surface area contributed by atoms with Gasteiger partial charge in [-0.15, -0.1) is 0 Å². The molecule has 0 radical (unpaired) electrons. The van der Waals surface area contributed by atoms with Crippen LogP contribution in [0.15, 0.2) is 77.7 Å². The number of hydrogen-bond acceptors (Lipinski definition) is 5. The third-order valence-electron chi connectivity index (χ3n) is 6.56. The van der Waals surface area contributed by atoms with E-state index in [2.05, 4.69) is 0 Å². The molecule has 1 saturated heterocycles. The topological polar surface area (TPSA) is 84.9 Å². The smallest absolute Gasteiger partial charge is 0.416 e. The van der Waals surface area contributed by atoms with Gasteiger partial charge in [0.1, 0.15) is 10.5 Å². The van der Waals surface area contributed by atoms with Crippen molar-refractivity contribution in [2.75, 3.05) is 19.8 Å². The molecule has 1 heterocycles. The normalized spacial score (nSPS) is 16.0. The van der Waals surface area contributed by atoms with Crippen LogP contribution in [0.25, 0.3) is 11.1 Å². The molecule has 0 bridgehead atoms.